The lowest BCUT2D eigenvalue weighted by Gasteiger charge is -2.21. The van der Waals surface area contributed by atoms with Crippen molar-refractivity contribution < 1.29 is 0 Å². The highest BCUT2D eigenvalue weighted by atomic mass is 15.1. The van der Waals surface area contributed by atoms with E-state index in [9.17, 15) is 0 Å². The molecule has 0 aromatic rings. The van der Waals surface area contributed by atoms with E-state index in [1.807, 2.05) is 0 Å². The molecule has 0 aliphatic heterocycles. The van der Waals surface area contributed by atoms with Crippen LogP contribution in [0.15, 0.2) is 0 Å². The van der Waals surface area contributed by atoms with E-state index < -0.39 is 0 Å². The van der Waals surface area contributed by atoms with Crippen molar-refractivity contribution in [3.8, 4) is 0 Å². The third-order valence-electron chi connectivity index (χ3n) is 3.15. The first-order valence-electron chi connectivity index (χ1n) is 6.28. The Morgan fingerprint density at radius 3 is 2.20 bits per heavy atom. The second kappa shape index (κ2) is 9.13. The fraction of sp³-hybridized carbons (Fsp3) is 1.00. The lowest BCUT2D eigenvalue weighted by molar-refractivity contribution is 0.292. The molecule has 0 saturated heterocycles. The number of nitrogens with zero attached hydrogens (tertiary/aromatic N) is 1. The van der Waals surface area contributed by atoms with Gasteiger partial charge in [0.25, 0.3) is 0 Å². The predicted octanol–water partition coefficient (Wildman–Crippen LogP) is 1.15. The minimum Gasteiger partial charge on any atom is -0.330 e. The zero-order chi connectivity index (χ0) is 11.7. The smallest absolute Gasteiger partial charge is 0.0107 e. The van der Waals surface area contributed by atoms with Crippen LogP contribution in [0.5, 0.6) is 0 Å². The van der Waals surface area contributed by atoms with Gasteiger partial charge >= 0.3 is 0 Å². The van der Waals surface area contributed by atoms with E-state index in [2.05, 4.69) is 37.9 Å². The van der Waals surface area contributed by atoms with Gasteiger partial charge in [-0.15, -0.1) is 0 Å². The summed E-state index contributed by atoms with van der Waals surface area (Å²) in [7, 11) is 0. The maximum Gasteiger partial charge on any atom is 0.0107 e. The molecule has 1 atom stereocenters. The monoisotopic (exact) mass is 215 g/mol. The summed E-state index contributed by atoms with van der Waals surface area (Å²) >= 11 is 0. The molecule has 0 radical (unpaired) electrons. The topological polar surface area (TPSA) is 41.3 Å². The number of hydrogen-bond acceptors (Lipinski definition) is 3. The Labute approximate surface area is 95.4 Å². The van der Waals surface area contributed by atoms with Crippen molar-refractivity contribution in [2.75, 3.05) is 39.3 Å². The van der Waals surface area contributed by atoms with Crippen molar-refractivity contribution in [2.24, 2.45) is 17.6 Å². The summed E-state index contributed by atoms with van der Waals surface area (Å²) in [5, 5.41) is 3.50. The molecule has 92 valence electrons. The van der Waals surface area contributed by atoms with Crippen molar-refractivity contribution in [3.05, 3.63) is 0 Å². The van der Waals surface area contributed by atoms with Crippen LogP contribution in [0.2, 0.25) is 0 Å². The zero-order valence-electron chi connectivity index (χ0n) is 10.9. The zero-order valence-corrected chi connectivity index (χ0v) is 10.9. The fourth-order valence-corrected chi connectivity index (χ4v) is 1.66. The summed E-state index contributed by atoms with van der Waals surface area (Å²) in [5.74, 6) is 1.29. The van der Waals surface area contributed by atoms with E-state index in [-0.39, 0.29) is 0 Å². The Morgan fingerprint density at radius 2 is 1.80 bits per heavy atom. The van der Waals surface area contributed by atoms with E-state index >= 15 is 0 Å². The highest BCUT2D eigenvalue weighted by molar-refractivity contribution is 4.67. The van der Waals surface area contributed by atoms with Gasteiger partial charge < -0.3 is 16.0 Å². The van der Waals surface area contributed by atoms with Gasteiger partial charge in [-0.25, -0.2) is 0 Å². The SMILES string of the molecule is CCN(CC)CCNCC(CN)C(C)C. The minimum atomic E-state index is 0.613. The molecule has 3 heteroatoms. The number of nitrogens with two attached hydrogens (primary N) is 1. The Bertz CT molecular complexity index is 133. The molecule has 0 spiro atoms. The summed E-state index contributed by atoms with van der Waals surface area (Å²) < 4.78 is 0. The number of rotatable bonds is 9. The van der Waals surface area contributed by atoms with Crippen LogP contribution in [0.25, 0.3) is 0 Å². The maximum absolute atomic E-state index is 5.72. The molecule has 0 fully saturated rings. The molecular weight excluding hydrogens is 186 g/mol. The van der Waals surface area contributed by atoms with E-state index in [0.717, 1.165) is 39.3 Å². The molecule has 0 saturated carbocycles. The molecule has 15 heavy (non-hydrogen) atoms. The van der Waals surface area contributed by atoms with Crippen LogP contribution >= 0.6 is 0 Å². The van der Waals surface area contributed by atoms with E-state index in [4.69, 9.17) is 5.73 Å². The Kier molecular flexibility index (Phi) is 9.06. The van der Waals surface area contributed by atoms with Gasteiger partial charge in [-0.05, 0) is 38.0 Å². The molecule has 3 nitrogen and oxygen atoms in total. The number of hydrogen-bond donors (Lipinski definition) is 2. The fourth-order valence-electron chi connectivity index (χ4n) is 1.66. The van der Waals surface area contributed by atoms with Crippen molar-refractivity contribution in [1.29, 1.82) is 0 Å². The lowest BCUT2D eigenvalue weighted by Crippen LogP contribution is -2.37. The molecule has 0 bridgehead atoms. The standard InChI is InChI=1S/C12H29N3/c1-5-15(6-2)8-7-14-10-12(9-13)11(3)4/h11-12,14H,5-10,13H2,1-4H3. The van der Waals surface area contributed by atoms with Gasteiger partial charge in [0.2, 0.25) is 0 Å². The highest BCUT2D eigenvalue weighted by Crippen LogP contribution is 2.06. The first kappa shape index (κ1) is 14.9. The van der Waals surface area contributed by atoms with Gasteiger partial charge in [0, 0.05) is 13.1 Å². The third kappa shape index (κ3) is 6.88. The van der Waals surface area contributed by atoms with Gasteiger partial charge in [0.05, 0.1) is 0 Å². The van der Waals surface area contributed by atoms with E-state index in [1.54, 1.807) is 0 Å². The van der Waals surface area contributed by atoms with Crippen molar-refractivity contribution >= 4 is 0 Å². The Hall–Kier alpha value is -0.120. The van der Waals surface area contributed by atoms with Gasteiger partial charge in [-0.3, -0.25) is 0 Å². The van der Waals surface area contributed by atoms with Crippen LogP contribution in [0.3, 0.4) is 0 Å². The minimum absolute atomic E-state index is 0.613. The van der Waals surface area contributed by atoms with Crippen LogP contribution in [-0.4, -0.2) is 44.2 Å². The van der Waals surface area contributed by atoms with Crippen molar-refractivity contribution in [1.82, 2.24) is 10.2 Å². The Morgan fingerprint density at radius 1 is 1.20 bits per heavy atom. The van der Waals surface area contributed by atoms with Crippen LogP contribution in [0, 0.1) is 11.8 Å². The Balaban J connectivity index is 3.51. The molecule has 0 aliphatic carbocycles. The van der Waals surface area contributed by atoms with Crippen molar-refractivity contribution in [3.63, 3.8) is 0 Å². The molecule has 0 rings (SSSR count). The van der Waals surface area contributed by atoms with Gasteiger partial charge in [0.1, 0.15) is 0 Å². The van der Waals surface area contributed by atoms with Crippen LogP contribution in [0.4, 0.5) is 0 Å². The molecule has 0 amide bonds. The first-order valence-corrected chi connectivity index (χ1v) is 6.28. The molecule has 0 aromatic carbocycles. The molecule has 1 unspecified atom stereocenters. The van der Waals surface area contributed by atoms with Crippen molar-refractivity contribution in [2.45, 2.75) is 27.7 Å². The molecule has 0 heterocycles. The molecule has 0 aromatic heterocycles. The van der Waals surface area contributed by atoms with Gasteiger partial charge in [0.15, 0.2) is 0 Å². The molecular formula is C12H29N3. The average molecular weight is 215 g/mol. The second-order valence-electron chi connectivity index (χ2n) is 4.47. The van der Waals surface area contributed by atoms with E-state index in [0.29, 0.717) is 11.8 Å². The van der Waals surface area contributed by atoms with Crippen LogP contribution in [0.1, 0.15) is 27.7 Å². The lowest BCUT2D eigenvalue weighted by atomic mass is 9.96. The summed E-state index contributed by atoms with van der Waals surface area (Å²) in [6.07, 6.45) is 0. The largest absolute Gasteiger partial charge is 0.330 e. The normalized spacial score (nSPS) is 13.8. The van der Waals surface area contributed by atoms with E-state index in [1.165, 1.54) is 0 Å². The predicted molar refractivity (Wildman–Crippen MR) is 68.0 cm³/mol. The van der Waals surface area contributed by atoms with Crippen LogP contribution < -0.4 is 11.1 Å². The quantitative estimate of drug-likeness (QED) is 0.567. The maximum atomic E-state index is 5.72. The molecule has 3 N–H and O–H groups in total. The summed E-state index contributed by atoms with van der Waals surface area (Å²) in [4.78, 5) is 2.43. The summed E-state index contributed by atoms with van der Waals surface area (Å²) in [6.45, 7) is 15.2. The first-order chi connectivity index (χ1) is 7.15. The van der Waals surface area contributed by atoms with Gasteiger partial charge in [-0.1, -0.05) is 27.7 Å². The average Bonchev–Trinajstić information content (AvgIpc) is 2.23. The summed E-state index contributed by atoms with van der Waals surface area (Å²) in [6, 6.07) is 0. The van der Waals surface area contributed by atoms with Gasteiger partial charge in [-0.2, -0.15) is 0 Å². The number of likely N-dealkylation sites (N-methyl/N-ethyl adjacent to an activating group) is 1. The number of nitrogens with one attached hydrogen (secondary N) is 1. The summed E-state index contributed by atoms with van der Waals surface area (Å²) in [5.41, 5.74) is 5.72. The molecule has 0 aliphatic rings. The highest BCUT2D eigenvalue weighted by Gasteiger charge is 2.10. The third-order valence-corrected chi connectivity index (χ3v) is 3.15. The van der Waals surface area contributed by atoms with Crippen LogP contribution in [-0.2, 0) is 0 Å². The second-order valence-corrected chi connectivity index (χ2v) is 4.47.